The highest BCUT2D eigenvalue weighted by molar-refractivity contribution is 14.0. The van der Waals surface area contributed by atoms with E-state index in [9.17, 15) is 21.6 Å². The third-order valence-corrected chi connectivity index (χ3v) is 5.13. The fourth-order valence-electron chi connectivity index (χ4n) is 2.37. The lowest BCUT2D eigenvalue weighted by molar-refractivity contribution is -0.0496. The topological polar surface area (TPSA) is 56.2 Å². The van der Waals surface area contributed by atoms with Crippen LogP contribution in [-0.2, 0) is 10.0 Å². The lowest BCUT2D eigenvalue weighted by atomic mass is 9.98. The van der Waals surface area contributed by atoms with Crippen LogP contribution in [-0.4, -0.2) is 81.8 Å². The van der Waals surface area contributed by atoms with Gasteiger partial charge in [0.25, 0.3) is 0 Å². The van der Waals surface area contributed by atoms with E-state index in [1.54, 1.807) is 0 Å². The summed E-state index contributed by atoms with van der Waals surface area (Å²) in [6.07, 6.45) is 0.764. The van der Waals surface area contributed by atoms with Gasteiger partial charge in [0.15, 0.2) is 5.96 Å². The number of aliphatic imine (C=N–C) groups is 1. The zero-order valence-electron chi connectivity index (χ0n) is 13.7. The predicted molar refractivity (Wildman–Crippen MR) is 94.4 cm³/mol. The Morgan fingerprint density at radius 3 is 1.91 bits per heavy atom. The summed E-state index contributed by atoms with van der Waals surface area (Å²) in [4.78, 5) is 8.16. The van der Waals surface area contributed by atoms with E-state index in [-0.39, 0.29) is 43.0 Å². The van der Waals surface area contributed by atoms with E-state index in [1.165, 1.54) is 0 Å². The number of rotatable bonds is 3. The molecule has 1 heterocycles. The van der Waals surface area contributed by atoms with Gasteiger partial charge in [0, 0.05) is 47.8 Å². The molecule has 0 aromatic carbocycles. The third kappa shape index (κ3) is 5.93. The molecule has 11 heteroatoms. The number of nitrogens with zero attached hydrogens (tertiary/aromatic N) is 4. The Morgan fingerprint density at radius 1 is 1.13 bits per heavy atom. The molecule has 0 aliphatic carbocycles. The Morgan fingerprint density at radius 2 is 1.57 bits per heavy atom. The first kappa shape index (κ1) is 22.7. The van der Waals surface area contributed by atoms with Crippen LogP contribution in [0.4, 0.5) is 13.2 Å². The van der Waals surface area contributed by atoms with Crippen molar-refractivity contribution in [1.29, 1.82) is 0 Å². The van der Waals surface area contributed by atoms with Gasteiger partial charge in [-0.2, -0.15) is 17.5 Å². The molecule has 0 radical (unpaired) electrons. The largest absolute Gasteiger partial charge is 0.511 e. The van der Waals surface area contributed by atoms with Crippen LogP contribution in [0.2, 0.25) is 0 Å². The van der Waals surface area contributed by atoms with Crippen LogP contribution in [0.15, 0.2) is 4.99 Å². The van der Waals surface area contributed by atoms with E-state index in [1.807, 2.05) is 38.0 Å². The van der Waals surface area contributed by atoms with E-state index in [2.05, 4.69) is 4.99 Å². The summed E-state index contributed by atoms with van der Waals surface area (Å²) in [5, 5.41) is 0. The van der Waals surface area contributed by atoms with Gasteiger partial charge in [0.2, 0.25) is 0 Å². The van der Waals surface area contributed by atoms with Crippen LogP contribution in [0, 0.1) is 5.92 Å². The molecule has 1 fully saturated rings. The maximum atomic E-state index is 12.5. The molecule has 1 aliphatic rings. The lowest BCUT2D eigenvalue weighted by Crippen LogP contribution is -2.45. The number of alkyl halides is 3. The number of hydrogen-bond donors (Lipinski definition) is 0. The van der Waals surface area contributed by atoms with Gasteiger partial charge in [0.1, 0.15) is 0 Å². The summed E-state index contributed by atoms with van der Waals surface area (Å²) in [6.45, 7) is 0.258. The molecule has 0 aromatic heterocycles. The maximum absolute atomic E-state index is 12.5. The quantitative estimate of drug-likeness (QED) is 0.356. The molecule has 0 atom stereocenters. The second-order valence-electron chi connectivity index (χ2n) is 5.72. The van der Waals surface area contributed by atoms with Crippen molar-refractivity contribution in [3.8, 4) is 0 Å². The summed E-state index contributed by atoms with van der Waals surface area (Å²) >= 11 is 0. The number of guanidine groups is 1. The van der Waals surface area contributed by atoms with Gasteiger partial charge in [-0.3, -0.25) is 4.99 Å². The van der Waals surface area contributed by atoms with E-state index in [0.717, 1.165) is 5.96 Å². The Bertz CT molecular complexity index is 491. The van der Waals surface area contributed by atoms with Gasteiger partial charge in [-0.1, -0.05) is 0 Å². The van der Waals surface area contributed by atoms with E-state index < -0.39 is 15.5 Å². The Hall–Kier alpha value is -0.300. The van der Waals surface area contributed by atoms with Gasteiger partial charge >= 0.3 is 15.5 Å². The zero-order valence-corrected chi connectivity index (χ0v) is 16.8. The van der Waals surface area contributed by atoms with E-state index in [4.69, 9.17) is 0 Å². The molecule has 0 aromatic rings. The second kappa shape index (κ2) is 8.70. The van der Waals surface area contributed by atoms with Gasteiger partial charge in [0.05, 0.1) is 0 Å². The lowest BCUT2D eigenvalue weighted by Gasteiger charge is -2.31. The number of piperidine rings is 1. The van der Waals surface area contributed by atoms with Gasteiger partial charge in [-0.15, -0.1) is 24.0 Å². The Labute approximate surface area is 152 Å². The average molecular weight is 472 g/mol. The van der Waals surface area contributed by atoms with Gasteiger partial charge in [-0.25, -0.2) is 8.42 Å². The first-order chi connectivity index (χ1) is 9.96. The fourth-order valence-corrected chi connectivity index (χ4v) is 3.36. The zero-order chi connectivity index (χ0) is 17.1. The molecule has 138 valence electrons. The highest BCUT2D eigenvalue weighted by Gasteiger charge is 2.50. The smallest absolute Gasteiger partial charge is 0.349 e. The molecule has 0 spiro atoms. The van der Waals surface area contributed by atoms with Crippen LogP contribution in [0.3, 0.4) is 0 Å². The number of halogens is 4. The van der Waals surface area contributed by atoms with E-state index in [0.29, 0.717) is 23.7 Å². The minimum Gasteiger partial charge on any atom is -0.349 e. The van der Waals surface area contributed by atoms with Crippen LogP contribution in [0.25, 0.3) is 0 Å². The standard InChI is InChI=1S/C12H23F3N4O2S.HI/c1-17(2)11(18(3)4)16-9-10-5-7-19(8-6-10)22(20,21)12(13,14)15;/h10H,5-9H2,1-4H3;1H. The molecular weight excluding hydrogens is 448 g/mol. The van der Waals surface area contributed by atoms with Crippen LogP contribution >= 0.6 is 24.0 Å². The minimum atomic E-state index is -5.22. The fraction of sp³-hybridized carbons (Fsp3) is 0.917. The summed E-state index contributed by atoms with van der Waals surface area (Å²) in [6, 6.07) is 0. The van der Waals surface area contributed by atoms with E-state index >= 15 is 0 Å². The number of sulfonamides is 1. The molecule has 1 saturated heterocycles. The van der Waals surface area contributed by atoms with Crippen molar-refractivity contribution in [3.63, 3.8) is 0 Å². The van der Waals surface area contributed by atoms with Crippen molar-refractivity contribution in [2.24, 2.45) is 10.9 Å². The second-order valence-corrected chi connectivity index (χ2v) is 7.65. The first-order valence-corrected chi connectivity index (χ1v) is 8.36. The van der Waals surface area contributed by atoms with Crippen LogP contribution in [0.5, 0.6) is 0 Å². The van der Waals surface area contributed by atoms with Gasteiger partial charge < -0.3 is 9.80 Å². The Balaban J connectivity index is 0.00000484. The average Bonchev–Trinajstić information content (AvgIpc) is 2.37. The maximum Gasteiger partial charge on any atom is 0.511 e. The van der Waals surface area contributed by atoms with Crippen molar-refractivity contribution >= 4 is 40.0 Å². The third-order valence-electron chi connectivity index (χ3n) is 3.50. The number of hydrogen-bond acceptors (Lipinski definition) is 3. The van der Waals surface area contributed by atoms with Crippen LogP contribution in [0.1, 0.15) is 12.8 Å². The predicted octanol–water partition coefficient (Wildman–Crippen LogP) is 1.65. The molecule has 0 amide bonds. The summed E-state index contributed by atoms with van der Waals surface area (Å²) in [5.41, 5.74) is -5.22. The summed E-state index contributed by atoms with van der Waals surface area (Å²) in [5.74, 6) is 0.861. The minimum absolute atomic E-state index is 0. The van der Waals surface area contributed by atoms with Crippen molar-refractivity contribution in [3.05, 3.63) is 0 Å². The molecule has 6 nitrogen and oxygen atoms in total. The molecule has 1 rings (SSSR count). The molecule has 0 N–H and O–H groups in total. The molecule has 0 unspecified atom stereocenters. The highest BCUT2D eigenvalue weighted by Crippen LogP contribution is 2.30. The van der Waals surface area contributed by atoms with Crippen molar-refractivity contribution in [1.82, 2.24) is 14.1 Å². The molecular formula is C12H24F3IN4O2S. The molecule has 0 saturated carbocycles. The van der Waals surface area contributed by atoms with Crippen molar-refractivity contribution < 1.29 is 21.6 Å². The van der Waals surface area contributed by atoms with Crippen molar-refractivity contribution in [2.75, 3.05) is 47.8 Å². The first-order valence-electron chi connectivity index (χ1n) is 6.92. The summed E-state index contributed by atoms with van der Waals surface area (Å²) in [7, 11) is 2.23. The SMILES string of the molecule is CN(C)C(=NCC1CCN(S(=O)(=O)C(F)(F)F)CC1)N(C)C.I. The normalized spacial score (nSPS) is 17.3. The molecule has 0 bridgehead atoms. The molecule has 23 heavy (non-hydrogen) atoms. The summed E-state index contributed by atoms with van der Waals surface area (Å²) < 4.78 is 60.6. The van der Waals surface area contributed by atoms with Gasteiger partial charge in [-0.05, 0) is 18.8 Å². The Kier molecular flexibility index (Phi) is 8.58. The van der Waals surface area contributed by atoms with Crippen LogP contribution < -0.4 is 0 Å². The molecule has 1 aliphatic heterocycles. The monoisotopic (exact) mass is 472 g/mol. The van der Waals surface area contributed by atoms with Crippen molar-refractivity contribution in [2.45, 2.75) is 18.3 Å². The highest BCUT2D eigenvalue weighted by atomic mass is 127.